The minimum Gasteiger partial charge on any atom is -0.0791 e. The first-order chi connectivity index (χ1) is 3.42. The molecule has 0 amide bonds. The zero-order valence-corrected chi connectivity index (χ0v) is 8.11. The van der Waals surface area contributed by atoms with E-state index in [4.69, 9.17) is 0 Å². The lowest BCUT2D eigenvalue weighted by Crippen LogP contribution is -2.03. The Bertz CT molecular complexity index is 91.4. The highest BCUT2D eigenvalue weighted by molar-refractivity contribution is 14.1. The molecule has 0 N–H and O–H groups in total. The molecule has 0 aliphatic heterocycles. The highest BCUT2D eigenvalue weighted by atomic mass is 127. The molecule has 0 aliphatic rings. The molecule has 0 rings (SSSR count). The largest absolute Gasteiger partial charge is 0.0791 e. The molecule has 0 nitrogen and oxygen atoms in total. The van der Waals surface area contributed by atoms with Gasteiger partial charge < -0.3 is 0 Å². The molecule has 0 saturated carbocycles. The SMILES string of the molecule is CC(C)=CC(C)(C)I. The van der Waals surface area contributed by atoms with Crippen molar-refractivity contribution in [2.75, 3.05) is 0 Å². The third kappa shape index (κ3) is 6.47. The normalized spacial score (nSPS) is 11.1. The molecule has 0 fully saturated rings. The molecule has 0 spiro atoms. The summed E-state index contributed by atoms with van der Waals surface area (Å²) < 4.78 is 0.330. The van der Waals surface area contributed by atoms with Crippen molar-refractivity contribution in [1.82, 2.24) is 0 Å². The number of hydrogen-bond acceptors (Lipinski definition) is 0. The molecule has 0 atom stereocenters. The number of allylic oxidation sites excluding steroid dienone is 2. The quantitative estimate of drug-likeness (QED) is 0.364. The van der Waals surface area contributed by atoms with Crippen LogP contribution in [0.3, 0.4) is 0 Å². The minimum atomic E-state index is 0.330. The van der Waals surface area contributed by atoms with Gasteiger partial charge in [-0.05, 0) is 27.7 Å². The molecule has 0 aromatic carbocycles. The lowest BCUT2D eigenvalue weighted by atomic mass is 10.1. The fraction of sp³-hybridized carbons (Fsp3) is 0.714. The summed E-state index contributed by atoms with van der Waals surface area (Å²) in [6.07, 6.45) is 2.26. The van der Waals surface area contributed by atoms with Crippen LogP contribution >= 0.6 is 22.6 Å². The Labute approximate surface area is 65.5 Å². The second-order valence-electron chi connectivity index (χ2n) is 2.79. The molecule has 0 aromatic rings. The van der Waals surface area contributed by atoms with Gasteiger partial charge in [0.2, 0.25) is 0 Å². The van der Waals surface area contributed by atoms with Crippen LogP contribution in [0.1, 0.15) is 27.7 Å². The Balaban J connectivity index is 3.89. The van der Waals surface area contributed by atoms with Gasteiger partial charge in [0.25, 0.3) is 0 Å². The van der Waals surface area contributed by atoms with E-state index in [0.717, 1.165) is 0 Å². The van der Waals surface area contributed by atoms with Gasteiger partial charge in [-0.2, -0.15) is 0 Å². The molecule has 8 heavy (non-hydrogen) atoms. The van der Waals surface area contributed by atoms with Crippen LogP contribution in [0.15, 0.2) is 11.6 Å². The average molecular weight is 224 g/mol. The van der Waals surface area contributed by atoms with Gasteiger partial charge in [0.05, 0.1) is 0 Å². The van der Waals surface area contributed by atoms with Crippen LogP contribution in [0.4, 0.5) is 0 Å². The zero-order valence-electron chi connectivity index (χ0n) is 5.96. The number of halogens is 1. The second kappa shape index (κ2) is 2.85. The number of hydrogen-bond donors (Lipinski definition) is 0. The zero-order chi connectivity index (χ0) is 6.78. The summed E-state index contributed by atoms with van der Waals surface area (Å²) in [7, 11) is 0. The Morgan fingerprint density at radius 3 is 1.75 bits per heavy atom. The van der Waals surface area contributed by atoms with E-state index in [1.54, 1.807) is 0 Å². The van der Waals surface area contributed by atoms with Gasteiger partial charge in [0.15, 0.2) is 0 Å². The van der Waals surface area contributed by atoms with E-state index in [9.17, 15) is 0 Å². The van der Waals surface area contributed by atoms with Crippen molar-refractivity contribution in [3.8, 4) is 0 Å². The lowest BCUT2D eigenvalue weighted by Gasteiger charge is -2.09. The Morgan fingerprint density at radius 1 is 1.38 bits per heavy atom. The van der Waals surface area contributed by atoms with E-state index in [1.165, 1.54) is 5.57 Å². The molecule has 0 saturated heterocycles. The van der Waals surface area contributed by atoms with Gasteiger partial charge in [-0.15, -0.1) is 0 Å². The van der Waals surface area contributed by atoms with Crippen molar-refractivity contribution in [1.29, 1.82) is 0 Å². The van der Waals surface area contributed by atoms with Gasteiger partial charge in [-0.25, -0.2) is 0 Å². The van der Waals surface area contributed by atoms with Crippen molar-refractivity contribution in [3.63, 3.8) is 0 Å². The molecule has 1 heteroatoms. The van der Waals surface area contributed by atoms with Crippen LogP contribution in [-0.4, -0.2) is 3.42 Å². The van der Waals surface area contributed by atoms with Crippen molar-refractivity contribution >= 4 is 22.6 Å². The monoisotopic (exact) mass is 224 g/mol. The Kier molecular flexibility index (Phi) is 3.02. The second-order valence-corrected chi connectivity index (χ2v) is 5.57. The summed E-state index contributed by atoms with van der Waals surface area (Å²) in [6.45, 7) is 8.64. The molecule has 0 aliphatic carbocycles. The van der Waals surface area contributed by atoms with Gasteiger partial charge in [0, 0.05) is 3.42 Å². The van der Waals surface area contributed by atoms with E-state index >= 15 is 0 Å². The summed E-state index contributed by atoms with van der Waals surface area (Å²) in [6, 6.07) is 0. The fourth-order valence-electron chi connectivity index (χ4n) is 0.686. The van der Waals surface area contributed by atoms with E-state index in [2.05, 4.69) is 56.4 Å². The van der Waals surface area contributed by atoms with E-state index in [-0.39, 0.29) is 0 Å². The van der Waals surface area contributed by atoms with Crippen molar-refractivity contribution in [2.45, 2.75) is 31.1 Å². The van der Waals surface area contributed by atoms with E-state index in [0.29, 0.717) is 3.42 Å². The number of alkyl halides is 1. The highest BCUT2D eigenvalue weighted by Crippen LogP contribution is 2.19. The molecule has 0 aromatic heterocycles. The van der Waals surface area contributed by atoms with Crippen LogP contribution in [0.2, 0.25) is 0 Å². The maximum atomic E-state index is 2.42. The van der Waals surface area contributed by atoms with Crippen LogP contribution in [-0.2, 0) is 0 Å². The average Bonchev–Trinajstić information content (AvgIpc) is 1.21. The maximum absolute atomic E-state index is 2.42. The van der Waals surface area contributed by atoms with Gasteiger partial charge in [0.1, 0.15) is 0 Å². The van der Waals surface area contributed by atoms with Gasteiger partial charge in [-0.1, -0.05) is 34.2 Å². The first-order valence-corrected chi connectivity index (χ1v) is 3.85. The van der Waals surface area contributed by atoms with Crippen molar-refractivity contribution in [2.24, 2.45) is 0 Å². The lowest BCUT2D eigenvalue weighted by molar-refractivity contribution is 0.931. The van der Waals surface area contributed by atoms with Gasteiger partial charge in [-0.3, -0.25) is 0 Å². The Hall–Kier alpha value is 0.470. The molecule has 0 radical (unpaired) electrons. The summed E-state index contributed by atoms with van der Waals surface area (Å²) in [5, 5.41) is 0. The van der Waals surface area contributed by atoms with Crippen LogP contribution in [0, 0.1) is 0 Å². The molecule has 0 bridgehead atoms. The first-order valence-electron chi connectivity index (χ1n) is 2.77. The van der Waals surface area contributed by atoms with Crippen molar-refractivity contribution in [3.05, 3.63) is 11.6 Å². The fourth-order valence-corrected chi connectivity index (χ4v) is 1.31. The highest BCUT2D eigenvalue weighted by Gasteiger charge is 2.05. The molecule has 0 unspecified atom stereocenters. The topological polar surface area (TPSA) is 0 Å². The predicted molar refractivity (Wildman–Crippen MR) is 47.5 cm³/mol. The summed E-state index contributed by atoms with van der Waals surface area (Å²) >= 11 is 2.42. The molecular formula is C7H13I. The third-order valence-corrected chi connectivity index (χ3v) is 0.943. The van der Waals surface area contributed by atoms with E-state index in [1.807, 2.05) is 0 Å². The van der Waals surface area contributed by atoms with Crippen molar-refractivity contribution < 1.29 is 0 Å². The van der Waals surface area contributed by atoms with E-state index < -0.39 is 0 Å². The molecular weight excluding hydrogens is 211 g/mol. The standard InChI is InChI=1S/C7H13I/c1-6(2)5-7(3,4)8/h5H,1-4H3. The smallest absolute Gasteiger partial charge is 0.0347 e. The predicted octanol–water partition coefficient (Wildman–Crippen LogP) is 3.17. The van der Waals surface area contributed by atoms with Crippen LogP contribution < -0.4 is 0 Å². The summed E-state index contributed by atoms with van der Waals surface area (Å²) in [5.41, 5.74) is 1.39. The van der Waals surface area contributed by atoms with Crippen LogP contribution in [0.25, 0.3) is 0 Å². The third-order valence-electron chi connectivity index (χ3n) is 0.632. The molecule has 0 heterocycles. The maximum Gasteiger partial charge on any atom is 0.0347 e. The summed E-state index contributed by atoms with van der Waals surface area (Å²) in [5.74, 6) is 0. The first kappa shape index (κ1) is 8.47. The van der Waals surface area contributed by atoms with Crippen LogP contribution in [0.5, 0.6) is 0 Å². The summed E-state index contributed by atoms with van der Waals surface area (Å²) in [4.78, 5) is 0. The number of rotatable bonds is 1. The minimum absolute atomic E-state index is 0.330. The Morgan fingerprint density at radius 2 is 1.75 bits per heavy atom. The molecule has 48 valence electrons. The van der Waals surface area contributed by atoms with Gasteiger partial charge >= 0.3 is 0 Å².